The molecule has 0 unspecified atom stereocenters. The van der Waals surface area contributed by atoms with E-state index >= 15 is 0 Å². The molecule has 0 aromatic heterocycles. The topological polar surface area (TPSA) is 77.5 Å². The van der Waals surface area contributed by atoms with Crippen LogP contribution in [-0.2, 0) is 9.47 Å². The van der Waals surface area contributed by atoms with Crippen molar-refractivity contribution in [3.05, 3.63) is 72.8 Å². The van der Waals surface area contributed by atoms with E-state index in [-0.39, 0.29) is 11.5 Å². The summed E-state index contributed by atoms with van der Waals surface area (Å²) in [5.74, 6) is 0.0775. The second-order valence-electron chi connectivity index (χ2n) is 6.87. The Morgan fingerprint density at radius 1 is 0.656 bits per heavy atom. The molecule has 0 N–H and O–H groups in total. The molecular formula is C24H22N2O6. The van der Waals surface area contributed by atoms with Crippen molar-refractivity contribution in [2.45, 2.75) is 0 Å². The van der Waals surface area contributed by atoms with E-state index in [1.165, 1.54) is 14.2 Å². The van der Waals surface area contributed by atoms with Gasteiger partial charge in [-0.25, -0.2) is 9.59 Å². The van der Waals surface area contributed by atoms with E-state index in [0.29, 0.717) is 13.1 Å². The zero-order valence-electron chi connectivity index (χ0n) is 17.7. The smallest absolute Gasteiger partial charge is 0.437 e. The number of rotatable bonds is 4. The SMILES string of the molecule is COC(=O)Oc1cc2c(cc1OC(=O)OC)N(c1ccccc1)CCN2c1ccccc1. The van der Waals surface area contributed by atoms with Gasteiger partial charge in [-0.3, -0.25) is 0 Å². The Morgan fingerprint density at radius 2 is 1.03 bits per heavy atom. The van der Waals surface area contributed by atoms with Gasteiger partial charge >= 0.3 is 12.3 Å². The molecule has 4 rings (SSSR count). The second-order valence-corrected chi connectivity index (χ2v) is 6.87. The van der Waals surface area contributed by atoms with Gasteiger partial charge in [-0.15, -0.1) is 0 Å². The average Bonchev–Trinajstić information content (AvgIpc) is 2.84. The maximum Gasteiger partial charge on any atom is 0.513 e. The lowest BCUT2D eigenvalue weighted by Crippen LogP contribution is -2.36. The molecule has 8 heteroatoms. The Kier molecular flexibility index (Phi) is 6.12. The number of hydrogen-bond acceptors (Lipinski definition) is 8. The van der Waals surface area contributed by atoms with Crippen molar-refractivity contribution in [1.82, 2.24) is 0 Å². The van der Waals surface area contributed by atoms with Crippen LogP contribution in [0.25, 0.3) is 0 Å². The molecule has 164 valence electrons. The van der Waals surface area contributed by atoms with Gasteiger partial charge in [0.1, 0.15) is 0 Å². The second kappa shape index (κ2) is 9.30. The molecule has 0 spiro atoms. The molecule has 0 fully saturated rings. The summed E-state index contributed by atoms with van der Waals surface area (Å²) in [6.07, 6.45) is -1.86. The van der Waals surface area contributed by atoms with Crippen LogP contribution in [0.2, 0.25) is 0 Å². The maximum absolute atomic E-state index is 11.9. The summed E-state index contributed by atoms with van der Waals surface area (Å²) in [7, 11) is 2.41. The first-order chi connectivity index (χ1) is 15.6. The minimum Gasteiger partial charge on any atom is -0.437 e. The van der Waals surface area contributed by atoms with Crippen LogP contribution in [0, 0.1) is 0 Å². The normalized spacial score (nSPS) is 12.6. The zero-order valence-corrected chi connectivity index (χ0v) is 17.7. The molecule has 0 saturated carbocycles. The lowest BCUT2D eigenvalue weighted by atomic mass is 10.1. The highest BCUT2D eigenvalue weighted by molar-refractivity contribution is 5.87. The Labute approximate surface area is 185 Å². The van der Waals surface area contributed by atoms with Crippen molar-refractivity contribution in [3.63, 3.8) is 0 Å². The minimum atomic E-state index is -0.929. The van der Waals surface area contributed by atoms with E-state index in [1.807, 2.05) is 60.7 Å². The third-order valence-electron chi connectivity index (χ3n) is 5.03. The number of ether oxygens (including phenoxy) is 4. The van der Waals surface area contributed by atoms with Crippen molar-refractivity contribution >= 4 is 35.1 Å². The lowest BCUT2D eigenvalue weighted by molar-refractivity contribution is 0.111. The highest BCUT2D eigenvalue weighted by Crippen LogP contribution is 2.47. The molecule has 0 radical (unpaired) electrons. The lowest BCUT2D eigenvalue weighted by Gasteiger charge is -2.39. The Balaban J connectivity index is 1.88. The summed E-state index contributed by atoms with van der Waals surface area (Å²) in [5, 5.41) is 0. The first-order valence-corrected chi connectivity index (χ1v) is 9.95. The van der Waals surface area contributed by atoms with Crippen LogP contribution >= 0.6 is 0 Å². The minimum absolute atomic E-state index is 0.0387. The summed E-state index contributed by atoms with van der Waals surface area (Å²) in [4.78, 5) is 27.9. The molecule has 1 aliphatic heterocycles. The third kappa shape index (κ3) is 4.29. The predicted octanol–water partition coefficient (Wildman–Crippen LogP) is 5.27. The Morgan fingerprint density at radius 3 is 1.38 bits per heavy atom. The molecule has 1 heterocycles. The quantitative estimate of drug-likeness (QED) is 0.406. The summed E-state index contributed by atoms with van der Waals surface area (Å²) in [5.41, 5.74) is 3.52. The van der Waals surface area contributed by atoms with E-state index < -0.39 is 12.3 Å². The van der Waals surface area contributed by atoms with E-state index in [4.69, 9.17) is 9.47 Å². The summed E-state index contributed by atoms with van der Waals surface area (Å²) < 4.78 is 19.8. The number of anilines is 4. The molecule has 32 heavy (non-hydrogen) atoms. The van der Waals surface area contributed by atoms with Crippen molar-refractivity contribution in [1.29, 1.82) is 0 Å². The Hall–Kier alpha value is -4.20. The summed E-state index contributed by atoms with van der Waals surface area (Å²) in [6, 6.07) is 23.1. The van der Waals surface area contributed by atoms with Crippen LogP contribution in [0.5, 0.6) is 11.5 Å². The molecule has 3 aromatic rings. The van der Waals surface area contributed by atoms with Gasteiger partial charge < -0.3 is 28.7 Å². The molecule has 0 saturated heterocycles. The van der Waals surface area contributed by atoms with Crippen LogP contribution in [0.4, 0.5) is 32.3 Å². The van der Waals surface area contributed by atoms with Crippen LogP contribution in [0.3, 0.4) is 0 Å². The molecule has 1 aliphatic rings. The van der Waals surface area contributed by atoms with Gasteiger partial charge in [0.15, 0.2) is 11.5 Å². The van der Waals surface area contributed by atoms with Crippen molar-refractivity contribution in [2.24, 2.45) is 0 Å². The number of para-hydroxylation sites is 2. The fourth-order valence-electron chi connectivity index (χ4n) is 3.59. The average molecular weight is 434 g/mol. The maximum atomic E-state index is 11.9. The highest BCUT2D eigenvalue weighted by Gasteiger charge is 2.29. The number of hydrogen-bond donors (Lipinski definition) is 0. The van der Waals surface area contributed by atoms with E-state index in [9.17, 15) is 9.59 Å². The Bertz CT molecular complexity index is 1020. The number of carbonyl (C=O) groups is 2. The largest absolute Gasteiger partial charge is 0.513 e. The molecular weight excluding hydrogens is 412 g/mol. The van der Waals surface area contributed by atoms with Crippen molar-refractivity contribution < 1.29 is 28.5 Å². The number of fused-ring (bicyclic) bond motifs is 1. The van der Waals surface area contributed by atoms with Crippen molar-refractivity contribution in [2.75, 3.05) is 37.1 Å². The fourth-order valence-corrected chi connectivity index (χ4v) is 3.59. The molecule has 0 bridgehead atoms. The van der Waals surface area contributed by atoms with Crippen molar-refractivity contribution in [3.8, 4) is 11.5 Å². The van der Waals surface area contributed by atoms with Gasteiger partial charge in [0, 0.05) is 36.6 Å². The molecule has 0 amide bonds. The van der Waals surface area contributed by atoms with Gasteiger partial charge in [-0.1, -0.05) is 36.4 Å². The third-order valence-corrected chi connectivity index (χ3v) is 5.03. The molecule has 8 nitrogen and oxygen atoms in total. The predicted molar refractivity (Wildman–Crippen MR) is 119 cm³/mol. The van der Waals surface area contributed by atoms with Gasteiger partial charge in [0.25, 0.3) is 0 Å². The number of benzene rings is 3. The standard InChI is InChI=1S/C24H22N2O6/c1-29-23(27)31-21-15-19-20(16-22(21)32-24(28)30-2)26(18-11-7-4-8-12-18)14-13-25(19)17-9-5-3-6-10-17/h3-12,15-16H,13-14H2,1-2H3. The highest BCUT2D eigenvalue weighted by atomic mass is 16.7. The van der Waals surface area contributed by atoms with Gasteiger partial charge in [-0.2, -0.15) is 0 Å². The summed E-state index contributed by atoms with van der Waals surface area (Å²) >= 11 is 0. The zero-order chi connectivity index (χ0) is 22.5. The molecule has 0 aliphatic carbocycles. The van der Waals surface area contributed by atoms with E-state index in [2.05, 4.69) is 19.3 Å². The van der Waals surface area contributed by atoms with E-state index in [0.717, 1.165) is 22.7 Å². The molecule has 3 aromatic carbocycles. The first-order valence-electron chi connectivity index (χ1n) is 9.95. The fraction of sp³-hybridized carbons (Fsp3) is 0.167. The van der Waals surface area contributed by atoms with Gasteiger partial charge in [-0.05, 0) is 24.3 Å². The summed E-state index contributed by atoms with van der Waals surface area (Å²) in [6.45, 7) is 1.36. The van der Waals surface area contributed by atoms with Gasteiger partial charge in [0.2, 0.25) is 0 Å². The van der Waals surface area contributed by atoms with E-state index in [1.54, 1.807) is 12.1 Å². The van der Waals surface area contributed by atoms with Crippen LogP contribution in [0.1, 0.15) is 0 Å². The van der Waals surface area contributed by atoms with Gasteiger partial charge in [0.05, 0.1) is 25.6 Å². The number of methoxy groups -OCH3 is 2. The van der Waals surface area contributed by atoms with Crippen LogP contribution < -0.4 is 19.3 Å². The number of carbonyl (C=O) groups excluding carboxylic acids is 2. The first kappa shape index (κ1) is 21.0. The number of nitrogens with zero attached hydrogens (tertiary/aromatic N) is 2. The monoisotopic (exact) mass is 434 g/mol. The van der Waals surface area contributed by atoms with Crippen LogP contribution in [-0.4, -0.2) is 39.6 Å². The van der Waals surface area contributed by atoms with Crippen LogP contribution in [0.15, 0.2) is 72.8 Å². The molecule has 0 atom stereocenters.